The molecule has 1 aromatic carbocycles. The molecule has 1 atom stereocenters. The molecule has 7 heteroatoms. The van der Waals surface area contributed by atoms with Crippen LogP contribution in [0.25, 0.3) is 10.1 Å². The molecule has 1 unspecified atom stereocenters. The summed E-state index contributed by atoms with van der Waals surface area (Å²) in [6, 6.07) is 12.9. The first-order valence-electron chi connectivity index (χ1n) is 6.92. The predicted octanol–water partition coefficient (Wildman–Crippen LogP) is 3.57. The van der Waals surface area contributed by atoms with Gasteiger partial charge >= 0.3 is 0 Å². The number of carbonyl (C=O) groups is 2. The maximum atomic E-state index is 12.4. The van der Waals surface area contributed by atoms with Crippen molar-refractivity contribution in [3.05, 3.63) is 57.1 Å². The summed E-state index contributed by atoms with van der Waals surface area (Å²) >= 11 is 2.68. The number of benzene rings is 1. The highest BCUT2D eigenvalue weighted by molar-refractivity contribution is 7.20. The van der Waals surface area contributed by atoms with E-state index >= 15 is 0 Å². The summed E-state index contributed by atoms with van der Waals surface area (Å²) in [7, 11) is 0. The van der Waals surface area contributed by atoms with Crippen molar-refractivity contribution in [2.24, 2.45) is 0 Å². The van der Waals surface area contributed by atoms with Gasteiger partial charge in [0, 0.05) is 9.58 Å². The molecule has 23 heavy (non-hydrogen) atoms. The van der Waals surface area contributed by atoms with Crippen molar-refractivity contribution in [1.82, 2.24) is 10.8 Å². The fraction of sp³-hybridized carbons (Fsp3) is 0.125. The molecule has 0 saturated carbocycles. The van der Waals surface area contributed by atoms with Crippen LogP contribution in [0.3, 0.4) is 0 Å². The van der Waals surface area contributed by atoms with Gasteiger partial charge in [-0.3, -0.25) is 14.8 Å². The first-order valence-corrected chi connectivity index (χ1v) is 8.55. The van der Waals surface area contributed by atoms with E-state index in [9.17, 15) is 9.59 Å². The highest BCUT2D eigenvalue weighted by Crippen LogP contribution is 2.27. The molecule has 118 valence electrons. The fourth-order valence-corrected chi connectivity index (χ4v) is 4.06. The summed E-state index contributed by atoms with van der Waals surface area (Å²) in [6.07, 6.45) is 0. The van der Waals surface area contributed by atoms with Crippen LogP contribution in [0.2, 0.25) is 0 Å². The first kappa shape index (κ1) is 15.7. The van der Waals surface area contributed by atoms with Gasteiger partial charge < -0.3 is 5.32 Å². The molecule has 0 radical (unpaired) electrons. The van der Waals surface area contributed by atoms with E-state index in [1.165, 1.54) is 22.7 Å². The molecule has 3 aromatic rings. The lowest BCUT2D eigenvalue weighted by atomic mass is 10.2. The second-order valence-electron chi connectivity index (χ2n) is 4.99. The Hall–Kier alpha value is -2.22. The van der Waals surface area contributed by atoms with Gasteiger partial charge in [0.15, 0.2) is 0 Å². The summed E-state index contributed by atoms with van der Waals surface area (Å²) in [5, 5.41) is 12.6. The molecule has 0 aliphatic carbocycles. The van der Waals surface area contributed by atoms with E-state index in [1.807, 2.05) is 37.3 Å². The Bertz CT molecular complexity index is 836. The van der Waals surface area contributed by atoms with Crippen LogP contribution in [0.1, 0.15) is 37.2 Å². The smallest absolute Gasteiger partial charge is 0.284 e. The summed E-state index contributed by atoms with van der Waals surface area (Å²) in [5.74, 6) is -0.690. The molecule has 2 heterocycles. The monoisotopic (exact) mass is 346 g/mol. The van der Waals surface area contributed by atoms with Gasteiger partial charge in [-0.1, -0.05) is 18.2 Å². The van der Waals surface area contributed by atoms with Gasteiger partial charge in [-0.2, -0.15) is 0 Å². The van der Waals surface area contributed by atoms with Gasteiger partial charge in [0.1, 0.15) is 0 Å². The van der Waals surface area contributed by atoms with Crippen LogP contribution in [0, 0.1) is 0 Å². The van der Waals surface area contributed by atoms with Gasteiger partial charge in [-0.25, -0.2) is 5.48 Å². The van der Waals surface area contributed by atoms with E-state index in [-0.39, 0.29) is 11.9 Å². The third kappa shape index (κ3) is 3.26. The zero-order chi connectivity index (χ0) is 16.4. The van der Waals surface area contributed by atoms with Gasteiger partial charge in [0.2, 0.25) is 0 Å². The van der Waals surface area contributed by atoms with Gasteiger partial charge in [-0.15, -0.1) is 22.7 Å². The third-order valence-corrected chi connectivity index (χ3v) is 5.76. The molecule has 5 nitrogen and oxygen atoms in total. The molecule has 2 amide bonds. The molecule has 0 fully saturated rings. The van der Waals surface area contributed by atoms with Crippen LogP contribution >= 0.6 is 22.7 Å². The molecular formula is C16H14N2O3S2. The molecule has 0 aliphatic heterocycles. The number of rotatable bonds is 4. The van der Waals surface area contributed by atoms with Crippen LogP contribution in [0.4, 0.5) is 0 Å². The topological polar surface area (TPSA) is 78.4 Å². The van der Waals surface area contributed by atoms with E-state index in [0.717, 1.165) is 15.0 Å². The Labute approximate surface area is 140 Å². The lowest BCUT2D eigenvalue weighted by molar-refractivity contribution is 0.0711. The second-order valence-corrected chi connectivity index (χ2v) is 7.19. The zero-order valence-corrected chi connectivity index (χ0v) is 13.8. The molecule has 2 aromatic heterocycles. The lowest BCUT2D eigenvalue weighted by Gasteiger charge is -2.11. The van der Waals surface area contributed by atoms with Crippen LogP contribution in [-0.4, -0.2) is 17.0 Å². The third-order valence-electron chi connectivity index (χ3n) is 3.38. The number of hydroxylamine groups is 1. The summed E-state index contributed by atoms with van der Waals surface area (Å²) < 4.78 is 1.07. The van der Waals surface area contributed by atoms with Crippen molar-refractivity contribution in [2.45, 2.75) is 13.0 Å². The van der Waals surface area contributed by atoms with Crippen molar-refractivity contribution in [3.63, 3.8) is 0 Å². The van der Waals surface area contributed by atoms with Crippen molar-refractivity contribution in [3.8, 4) is 0 Å². The summed E-state index contributed by atoms with van der Waals surface area (Å²) in [5.41, 5.74) is 1.60. The highest BCUT2D eigenvalue weighted by atomic mass is 32.1. The predicted molar refractivity (Wildman–Crippen MR) is 91.3 cm³/mol. The number of nitrogens with one attached hydrogen (secondary N) is 2. The van der Waals surface area contributed by atoms with Crippen molar-refractivity contribution >= 4 is 44.6 Å². The molecule has 0 saturated heterocycles. The van der Waals surface area contributed by atoms with E-state index in [1.54, 1.807) is 17.6 Å². The van der Waals surface area contributed by atoms with Crippen molar-refractivity contribution in [2.75, 3.05) is 0 Å². The Morgan fingerprint density at radius 2 is 1.83 bits per heavy atom. The van der Waals surface area contributed by atoms with Crippen LogP contribution in [0.5, 0.6) is 0 Å². The minimum atomic E-state index is -0.552. The zero-order valence-electron chi connectivity index (χ0n) is 12.2. The minimum Gasteiger partial charge on any atom is -0.344 e. The first-order chi connectivity index (χ1) is 11.1. The quantitative estimate of drug-likeness (QED) is 0.499. The number of hydrogen-bond donors (Lipinski definition) is 3. The lowest BCUT2D eigenvalue weighted by Crippen LogP contribution is -2.25. The fourth-order valence-electron chi connectivity index (χ4n) is 2.20. The number of thiophene rings is 2. The molecule has 3 rings (SSSR count). The maximum Gasteiger partial charge on any atom is 0.284 e. The number of carbonyl (C=O) groups excluding carboxylic acids is 2. The molecule has 0 aliphatic rings. The maximum absolute atomic E-state index is 12.4. The second kappa shape index (κ2) is 6.49. The normalized spacial score (nSPS) is 12.1. The largest absolute Gasteiger partial charge is 0.344 e. The molecule has 0 spiro atoms. The van der Waals surface area contributed by atoms with Crippen LogP contribution < -0.4 is 10.8 Å². The Kier molecular flexibility index (Phi) is 4.42. The van der Waals surface area contributed by atoms with E-state index in [4.69, 9.17) is 5.21 Å². The standard InChI is InChI=1S/C16H14N2O3S2/c1-9(11-6-7-13(22-11)16(20)18-21)17-15(19)14-8-10-4-2-3-5-12(10)23-14/h2-9,21H,1H3,(H,17,19)(H,18,20). The van der Waals surface area contributed by atoms with Crippen LogP contribution in [0.15, 0.2) is 42.5 Å². The Morgan fingerprint density at radius 1 is 1.04 bits per heavy atom. The van der Waals surface area contributed by atoms with Gasteiger partial charge in [0.25, 0.3) is 11.8 Å². The van der Waals surface area contributed by atoms with Crippen LogP contribution in [-0.2, 0) is 0 Å². The van der Waals surface area contributed by atoms with E-state index in [2.05, 4.69) is 5.32 Å². The number of amides is 2. The summed E-state index contributed by atoms with van der Waals surface area (Å²) in [6.45, 7) is 1.86. The van der Waals surface area contributed by atoms with Crippen molar-refractivity contribution < 1.29 is 14.8 Å². The average Bonchev–Trinajstić information content (AvgIpc) is 3.20. The minimum absolute atomic E-state index is 0.139. The van der Waals surface area contributed by atoms with Gasteiger partial charge in [0.05, 0.1) is 15.8 Å². The van der Waals surface area contributed by atoms with Gasteiger partial charge in [-0.05, 0) is 36.6 Å². The Morgan fingerprint density at radius 3 is 2.57 bits per heavy atom. The highest BCUT2D eigenvalue weighted by Gasteiger charge is 2.17. The van der Waals surface area contributed by atoms with Crippen molar-refractivity contribution in [1.29, 1.82) is 0 Å². The van der Waals surface area contributed by atoms with E-state index < -0.39 is 5.91 Å². The molecular weight excluding hydrogens is 332 g/mol. The summed E-state index contributed by atoms with van der Waals surface area (Å²) in [4.78, 5) is 25.6. The number of hydrogen-bond acceptors (Lipinski definition) is 5. The Balaban J connectivity index is 1.74. The molecule has 3 N–H and O–H groups in total. The average molecular weight is 346 g/mol. The molecule has 0 bridgehead atoms. The van der Waals surface area contributed by atoms with E-state index in [0.29, 0.717) is 9.75 Å². The number of fused-ring (bicyclic) bond motifs is 1. The SMILES string of the molecule is CC(NC(=O)c1cc2ccccc2s1)c1ccc(C(=O)NO)s1.